The lowest BCUT2D eigenvalue weighted by atomic mass is 10.0. The molecule has 1 amide bonds. The van der Waals surface area contributed by atoms with E-state index in [-0.39, 0.29) is 17.5 Å². The molecule has 0 heterocycles. The highest BCUT2D eigenvalue weighted by atomic mass is 19.1. The summed E-state index contributed by atoms with van der Waals surface area (Å²) in [5, 5.41) is 0. The Labute approximate surface area is 125 Å². The highest BCUT2D eigenvalue weighted by Crippen LogP contribution is 2.22. The number of hydrogen-bond acceptors (Lipinski definition) is 1. The van der Waals surface area contributed by atoms with Gasteiger partial charge in [-0.15, -0.1) is 0 Å². The lowest BCUT2D eigenvalue weighted by Crippen LogP contribution is -2.30. The van der Waals surface area contributed by atoms with Gasteiger partial charge in [-0.1, -0.05) is 35.9 Å². The summed E-state index contributed by atoms with van der Waals surface area (Å²) < 4.78 is 13.9. The quantitative estimate of drug-likeness (QED) is 0.824. The highest BCUT2D eigenvalue weighted by Gasteiger charge is 2.21. The largest absolute Gasteiger partial charge is 0.335 e. The fraction of sp³-hybridized carbons (Fsp3) is 0.278. The number of benzene rings is 2. The summed E-state index contributed by atoms with van der Waals surface area (Å²) in [7, 11) is 1.70. The summed E-state index contributed by atoms with van der Waals surface area (Å²) in [6, 6.07) is 12.6. The van der Waals surface area contributed by atoms with E-state index in [1.807, 2.05) is 38.1 Å². The van der Waals surface area contributed by atoms with E-state index in [9.17, 15) is 9.18 Å². The van der Waals surface area contributed by atoms with Gasteiger partial charge in [0.1, 0.15) is 5.82 Å². The van der Waals surface area contributed by atoms with E-state index in [2.05, 4.69) is 0 Å². The van der Waals surface area contributed by atoms with Crippen LogP contribution in [0.1, 0.15) is 40.0 Å². The molecule has 110 valence electrons. The van der Waals surface area contributed by atoms with Gasteiger partial charge >= 0.3 is 0 Å². The molecule has 0 aliphatic heterocycles. The Balaban J connectivity index is 2.24. The second kappa shape index (κ2) is 6.08. The zero-order chi connectivity index (χ0) is 15.6. The molecule has 0 spiro atoms. The van der Waals surface area contributed by atoms with Gasteiger partial charge in [-0.05, 0) is 44.0 Å². The Kier molecular flexibility index (Phi) is 4.41. The summed E-state index contributed by atoms with van der Waals surface area (Å²) >= 11 is 0. The van der Waals surface area contributed by atoms with Crippen LogP contribution in [0.4, 0.5) is 4.39 Å². The zero-order valence-electron chi connectivity index (χ0n) is 12.9. The SMILES string of the molecule is Cc1ccc(C(C)N(C)C(=O)c2ccc(C)cc2F)cc1. The number of aryl methyl sites for hydroxylation is 2. The van der Waals surface area contributed by atoms with Crippen molar-refractivity contribution in [3.05, 3.63) is 70.5 Å². The van der Waals surface area contributed by atoms with Crippen molar-refractivity contribution in [3.63, 3.8) is 0 Å². The Morgan fingerprint density at radius 1 is 1.05 bits per heavy atom. The molecule has 2 aromatic carbocycles. The third-order valence-electron chi connectivity index (χ3n) is 3.82. The van der Waals surface area contributed by atoms with E-state index in [0.717, 1.165) is 11.1 Å². The topological polar surface area (TPSA) is 20.3 Å². The Hall–Kier alpha value is -2.16. The molecule has 1 unspecified atom stereocenters. The maximum Gasteiger partial charge on any atom is 0.257 e. The van der Waals surface area contributed by atoms with Crippen LogP contribution >= 0.6 is 0 Å². The average Bonchev–Trinajstić information content (AvgIpc) is 2.46. The van der Waals surface area contributed by atoms with Gasteiger partial charge < -0.3 is 4.90 Å². The molecule has 0 aromatic heterocycles. The van der Waals surface area contributed by atoms with Gasteiger partial charge in [0.05, 0.1) is 11.6 Å². The van der Waals surface area contributed by atoms with Gasteiger partial charge in [-0.3, -0.25) is 4.79 Å². The van der Waals surface area contributed by atoms with Crippen LogP contribution in [-0.4, -0.2) is 17.9 Å². The van der Waals surface area contributed by atoms with Crippen molar-refractivity contribution in [2.75, 3.05) is 7.05 Å². The minimum Gasteiger partial charge on any atom is -0.335 e. The zero-order valence-corrected chi connectivity index (χ0v) is 12.9. The highest BCUT2D eigenvalue weighted by molar-refractivity contribution is 5.94. The van der Waals surface area contributed by atoms with Crippen molar-refractivity contribution in [1.29, 1.82) is 0 Å². The van der Waals surface area contributed by atoms with Crippen molar-refractivity contribution in [3.8, 4) is 0 Å². The van der Waals surface area contributed by atoms with Crippen LogP contribution in [0.5, 0.6) is 0 Å². The van der Waals surface area contributed by atoms with Crippen LogP contribution < -0.4 is 0 Å². The van der Waals surface area contributed by atoms with Crippen LogP contribution in [-0.2, 0) is 0 Å². The molecule has 2 aromatic rings. The lowest BCUT2D eigenvalue weighted by Gasteiger charge is -2.25. The maximum absolute atomic E-state index is 13.9. The van der Waals surface area contributed by atoms with E-state index < -0.39 is 5.82 Å². The molecule has 1 atom stereocenters. The number of halogens is 1. The molecular formula is C18H20FNO. The first-order chi connectivity index (χ1) is 9.90. The smallest absolute Gasteiger partial charge is 0.257 e. The summed E-state index contributed by atoms with van der Waals surface area (Å²) in [4.78, 5) is 14.0. The summed E-state index contributed by atoms with van der Waals surface area (Å²) in [6.07, 6.45) is 0. The first-order valence-corrected chi connectivity index (χ1v) is 7.00. The first-order valence-electron chi connectivity index (χ1n) is 7.00. The van der Waals surface area contributed by atoms with Gasteiger partial charge in [-0.2, -0.15) is 0 Å². The normalized spacial score (nSPS) is 12.0. The lowest BCUT2D eigenvalue weighted by molar-refractivity contribution is 0.0738. The Morgan fingerprint density at radius 2 is 1.62 bits per heavy atom. The van der Waals surface area contributed by atoms with Gasteiger partial charge in [0.2, 0.25) is 0 Å². The van der Waals surface area contributed by atoms with Gasteiger partial charge in [0.15, 0.2) is 0 Å². The third-order valence-corrected chi connectivity index (χ3v) is 3.82. The minimum absolute atomic E-state index is 0.112. The Morgan fingerprint density at radius 3 is 2.19 bits per heavy atom. The van der Waals surface area contributed by atoms with Crippen molar-refractivity contribution in [1.82, 2.24) is 4.90 Å². The monoisotopic (exact) mass is 285 g/mol. The predicted molar refractivity (Wildman–Crippen MR) is 82.8 cm³/mol. The minimum atomic E-state index is -0.469. The average molecular weight is 285 g/mol. The first kappa shape index (κ1) is 15.2. The second-order valence-corrected chi connectivity index (χ2v) is 5.49. The number of nitrogens with zero attached hydrogens (tertiary/aromatic N) is 1. The van der Waals surface area contributed by atoms with E-state index in [1.54, 1.807) is 31.0 Å². The molecule has 3 heteroatoms. The van der Waals surface area contributed by atoms with Crippen molar-refractivity contribution >= 4 is 5.91 Å². The van der Waals surface area contributed by atoms with Crippen molar-refractivity contribution in [2.45, 2.75) is 26.8 Å². The molecule has 0 N–H and O–H groups in total. The van der Waals surface area contributed by atoms with Crippen LogP contribution in [0.25, 0.3) is 0 Å². The molecule has 0 saturated carbocycles. The van der Waals surface area contributed by atoms with Crippen molar-refractivity contribution < 1.29 is 9.18 Å². The van der Waals surface area contributed by atoms with Gasteiger partial charge in [-0.25, -0.2) is 4.39 Å². The molecule has 0 aliphatic rings. The van der Waals surface area contributed by atoms with Crippen LogP contribution in [0.2, 0.25) is 0 Å². The number of carbonyl (C=O) groups excluding carboxylic acids is 1. The van der Waals surface area contributed by atoms with Crippen molar-refractivity contribution in [2.24, 2.45) is 0 Å². The number of amides is 1. The summed E-state index contributed by atoms with van der Waals surface area (Å²) in [6.45, 7) is 5.76. The predicted octanol–water partition coefficient (Wildman–Crippen LogP) is 4.28. The maximum atomic E-state index is 13.9. The molecule has 21 heavy (non-hydrogen) atoms. The molecule has 0 bridgehead atoms. The molecule has 0 radical (unpaired) electrons. The number of hydrogen-bond donors (Lipinski definition) is 0. The van der Waals surface area contributed by atoms with E-state index in [4.69, 9.17) is 0 Å². The van der Waals surface area contributed by atoms with Gasteiger partial charge in [0.25, 0.3) is 5.91 Å². The number of rotatable bonds is 3. The molecule has 0 fully saturated rings. The van der Waals surface area contributed by atoms with Crippen LogP contribution in [0, 0.1) is 19.7 Å². The van der Waals surface area contributed by atoms with E-state index >= 15 is 0 Å². The van der Waals surface area contributed by atoms with Crippen LogP contribution in [0.3, 0.4) is 0 Å². The third kappa shape index (κ3) is 3.30. The summed E-state index contributed by atoms with van der Waals surface area (Å²) in [5.74, 6) is -0.775. The second-order valence-electron chi connectivity index (χ2n) is 5.49. The molecule has 2 rings (SSSR count). The number of carbonyl (C=O) groups is 1. The fourth-order valence-electron chi connectivity index (χ4n) is 2.23. The van der Waals surface area contributed by atoms with Gasteiger partial charge in [0, 0.05) is 7.05 Å². The summed E-state index contributed by atoms with van der Waals surface area (Å²) in [5.41, 5.74) is 3.12. The Bertz CT molecular complexity index is 649. The van der Waals surface area contributed by atoms with Crippen LogP contribution in [0.15, 0.2) is 42.5 Å². The molecule has 0 aliphatic carbocycles. The standard InChI is InChI=1S/C18H20FNO/c1-12-5-8-15(9-6-12)14(3)20(4)18(21)16-10-7-13(2)11-17(16)19/h5-11,14H,1-4H3. The van der Waals surface area contributed by atoms with E-state index in [1.165, 1.54) is 11.6 Å². The molecular weight excluding hydrogens is 265 g/mol. The van der Waals surface area contributed by atoms with E-state index in [0.29, 0.717) is 0 Å². The molecule has 0 saturated heterocycles. The molecule has 2 nitrogen and oxygen atoms in total. The fourth-order valence-corrected chi connectivity index (χ4v) is 2.23.